The number of anilines is 1. The molecule has 3 nitrogen and oxygen atoms in total. The zero-order chi connectivity index (χ0) is 12.3. The maximum Gasteiger partial charge on any atom is 0.227 e. The molecule has 3 N–H and O–H groups in total. The Labute approximate surface area is 102 Å². The van der Waals surface area contributed by atoms with Gasteiger partial charge in [-0.1, -0.05) is 18.2 Å². The summed E-state index contributed by atoms with van der Waals surface area (Å²) in [7, 11) is 0. The number of nitrogens with one attached hydrogen (secondary N) is 1. The number of benzene rings is 1. The lowest BCUT2D eigenvalue weighted by Crippen LogP contribution is -2.32. The average molecular weight is 232 g/mol. The van der Waals surface area contributed by atoms with Crippen molar-refractivity contribution in [3.63, 3.8) is 0 Å². The molecule has 1 fully saturated rings. The van der Waals surface area contributed by atoms with Gasteiger partial charge in [0, 0.05) is 17.6 Å². The van der Waals surface area contributed by atoms with Gasteiger partial charge in [-0.25, -0.2) is 0 Å². The Balaban J connectivity index is 1.95. The number of rotatable bonds is 2. The van der Waals surface area contributed by atoms with E-state index in [1.54, 1.807) is 0 Å². The van der Waals surface area contributed by atoms with Crippen molar-refractivity contribution in [3.05, 3.63) is 29.8 Å². The van der Waals surface area contributed by atoms with Crippen LogP contribution in [0.15, 0.2) is 24.3 Å². The molecule has 1 saturated carbocycles. The molecule has 1 aliphatic carbocycles. The van der Waals surface area contributed by atoms with Gasteiger partial charge in [0.2, 0.25) is 5.91 Å². The maximum atomic E-state index is 12.1. The first-order valence-corrected chi connectivity index (χ1v) is 6.29. The van der Waals surface area contributed by atoms with Gasteiger partial charge < -0.3 is 11.1 Å². The monoisotopic (exact) mass is 232 g/mol. The van der Waals surface area contributed by atoms with Crippen molar-refractivity contribution in [1.82, 2.24) is 0 Å². The van der Waals surface area contributed by atoms with E-state index in [4.69, 9.17) is 5.73 Å². The van der Waals surface area contributed by atoms with E-state index in [0.717, 1.165) is 36.9 Å². The number of carbonyl (C=O) groups is 1. The lowest BCUT2D eigenvalue weighted by molar-refractivity contribution is -0.120. The fourth-order valence-corrected chi connectivity index (χ4v) is 2.33. The van der Waals surface area contributed by atoms with Crippen LogP contribution in [0.25, 0.3) is 0 Å². The molecule has 0 spiro atoms. The Kier molecular flexibility index (Phi) is 3.79. The first-order chi connectivity index (χ1) is 8.16. The Hall–Kier alpha value is -1.35. The van der Waals surface area contributed by atoms with Gasteiger partial charge >= 0.3 is 0 Å². The van der Waals surface area contributed by atoms with Crippen LogP contribution in [0.3, 0.4) is 0 Å². The largest absolute Gasteiger partial charge is 0.328 e. The normalized spacial score (nSPS) is 24.4. The van der Waals surface area contributed by atoms with Crippen molar-refractivity contribution in [2.24, 2.45) is 11.7 Å². The third-order valence-corrected chi connectivity index (χ3v) is 3.55. The first kappa shape index (κ1) is 12.1. The van der Waals surface area contributed by atoms with Gasteiger partial charge in [0.15, 0.2) is 0 Å². The molecule has 1 aromatic carbocycles. The zero-order valence-electron chi connectivity index (χ0n) is 10.3. The fourth-order valence-electron chi connectivity index (χ4n) is 2.33. The highest BCUT2D eigenvalue weighted by atomic mass is 16.1. The van der Waals surface area contributed by atoms with Crippen LogP contribution in [-0.2, 0) is 4.79 Å². The Morgan fingerprint density at radius 2 is 1.88 bits per heavy atom. The molecule has 3 heteroatoms. The van der Waals surface area contributed by atoms with E-state index in [0.29, 0.717) is 0 Å². The predicted molar refractivity (Wildman–Crippen MR) is 69.7 cm³/mol. The van der Waals surface area contributed by atoms with Crippen LogP contribution in [0, 0.1) is 12.8 Å². The standard InChI is InChI=1S/C14H20N2O/c1-10-4-2-3-5-13(10)16-14(17)11-6-8-12(15)9-7-11/h2-5,11-12H,6-9,15H2,1H3,(H,16,17). The molecule has 0 aromatic heterocycles. The number of aryl methyl sites for hydroxylation is 1. The molecule has 92 valence electrons. The second kappa shape index (κ2) is 5.32. The summed E-state index contributed by atoms with van der Waals surface area (Å²) in [4.78, 5) is 12.1. The van der Waals surface area contributed by atoms with E-state index in [1.165, 1.54) is 0 Å². The fraction of sp³-hybridized carbons (Fsp3) is 0.500. The van der Waals surface area contributed by atoms with Crippen molar-refractivity contribution in [2.45, 2.75) is 38.6 Å². The van der Waals surface area contributed by atoms with Gasteiger partial charge in [-0.05, 0) is 44.2 Å². The average Bonchev–Trinajstić information content (AvgIpc) is 2.33. The third-order valence-electron chi connectivity index (χ3n) is 3.55. The molecule has 0 radical (unpaired) electrons. The highest BCUT2D eigenvalue weighted by Crippen LogP contribution is 2.25. The van der Waals surface area contributed by atoms with Crippen LogP contribution in [0.4, 0.5) is 5.69 Å². The summed E-state index contributed by atoms with van der Waals surface area (Å²) in [5.74, 6) is 0.278. The topological polar surface area (TPSA) is 55.1 Å². The first-order valence-electron chi connectivity index (χ1n) is 6.29. The van der Waals surface area contributed by atoms with Crippen molar-refractivity contribution < 1.29 is 4.79 Å². The Morgan fingerprint density at radius 1 is 1.24 bits per heavy atom. The molecule has 0 unspecified atom stereocenters. The molecular weight excluding hydrogens is 212 g/mol. The third kappa shape index (κ3) is 3.07. The van der Waals surface area contributed by atoms with Crippen LogP contribution < -0.4 is 11.1 Å². The van der Waals surface area contributed by atoms with E-state index < -0.39 is 0 Å². The highest BCUT2D eigenvalue weighted by molar-refractivity contribution is 5.93. The number of nitrogens with two attached hydrogens (primary N) is 1. The Bertz CT molecular complexity index is 395. The zero-order valence-corrected chi connectivity index (χ0v) is 10.3. The summed E-state index contributed by atoms with van der Waals surface area (Å²) in [6.07, 6.45) is 3.76. The summed E-state index contributed by atoms with van der Waals surface area (Å²) in [6, 6.07) is 8.16. The van der Waals surface area contributed by atoms with Crippen molar-refractivity contribution in [2.75, 3.05) is 5.32 Å². The SMILES string of the molecule is Cc1ccccc1NC(=O)C1CCC(N)CC1. The molecule has 0 heterocycles. The molecular formula is C14H20N2O. The Morgan fingerprint density at radius 3 is 2.53 bits per heavy atom. The molecule has 0 saturated heterocycles. The molecule has 2 rings (SSSR count). The van der Waals surface area contributed by atoms with Crippen LogP contribution in [0.2, 0.25) is 0 Å². The molecule has 0 aliphatic heterocycles. The molecule has 17 heavy (non-hydrogen) atoms. The van der Waals surface area contributed by atoms with E-state index in [2.05, 4.69) is 5.32 Å². The second-order valence-electron chi connectivity index (χ2n) is 4.92. The van der Waals surface area contributed by atoms with Gasteiger partial charge in [-0.2, -0.15) is 0 Å². The number of hydrogen-bond acceptors (Lipinski definition) is 2. The van der Waals surface area contributed by atoms with Gasteiger partial charge in [-0.3, -0.25) is 4.79 Å². The van der Waals surface area contributed by atoms with Crippen LogP contribution in [0.1, 0.15) is 31.2 Å². The van der Waals surface area contributed by atoms with Gasteiger partial charge in [0.1, 0.15) is 0 Å². The maximum absolute atomic E-state index is 12.1. The number of amides is 1. The van der Waals surface area contributed by atoms with E-state index in [9.17, 15) is 4.79 Å². The smallest absolute Gasteiger partial charge is 0.227 e. The minimum Gasteiger partial charge on any atom is -0.328 e. The lowest BCUT2D eigenvalue weighted by Gasteiger charge is -2.25. The van der Waals surface area contributed by atoms with Crippen LogP contribution in [0.5, 0.6) is 0 Å². The molecule has 1 aliphatic rings. The molecule has 0 bridgehead atoms. The summed E-state index contributed by atoms with van der Waals surface area (Å²) >= 11 is 0. The number of para-hydroxylation sites is 1. The molecule has 1 amide bonds. The van der Waals surface area contributed by atoms with Crippen molar-refractivity contribution in [3.8, 4) is 0 Å². The van der Waals surface area contributed by atoms with Crippen LogP contribution >= 0.6 is 0 Å². The summed E-state index contributed by atoms with van der Waals surface area (Å²) in [5.41, 5.74) is 7.87. The molecule has 1 aromatic rings. The van der Waals surface area contributed by atoms with Gasteiger partial charge in [0.25, 0.3) is 0 Å². The summed E-state index contributed by atoms with van der Waals surface area (Å²) in [5, 5.41) is 3.01. The summed E-state index contributed by atoms with van der Waals surface area (Å²) < 4.78 is 0. The quantitative estimate of drug-likeness (QED) is 0.823. The van der Waals surface area contributed by atoms with Crippen LogP contribution in [-0.4, -0.2) is 11.9 Å². The second-order valence-corrected chi connectivity index (χ2v) is 4.92. The van der Waals surface area contributed by atoms with Gasteiger partial charge in [-0.15, -0.1) is 0 Å². The lowest BCUT2D eigenvalue weighted by atomic mass is 9.86. The van der Waals surface area contributed by atoms with E-state index in [1.807, 2.05) is 31.2 Å². The van der Waals surface area contributed by atoms with Crippen molar-refractivity contribution in [1.29, 1.82) is 0 Å². The minimum atomic E-state index is 0.134. The summed E-state index contributed by atoms with van der Waals surface area (Å²) in [6.45, 7) is 2.01. The number of hydrogen-bond donors (Lipinski definition) is 2. The van der Waals surface area contributed by atoms with E-state index in [-0.39, 0.29) is 17.9 Å². The predicted octanol–water partition coefficient (Wildman–Crippen LogP) is 2.45. The van der Waals surface area contributed by atoms with Gasteiger partial charge in [0.05, 0.1) is 0 Å². The number of carbonyl (C=O) groups excluding carboxylic acids is 1. The van der Waals surface area contributed by atoms with Crippen molar-refractivity contribution >= 4 is 11.6 Å². The molecule has 0 atom stereocenters. The highest BCUT2D eigenvalue weighted by Gasteiger charge is 2.24. The minimum absolute atomic E-state index is 0.134. The van der Waals surface area contributed by atoms with E-state index >= 15 is 0 Å².